The third-order valence-corrected chi connectivity index (χ3v) is 2.79. The molecule has 0 radical (unpaired) electrons. The van der Waals surface area contributed by atoms with E-state index in [0.717, 1.165) is 0 Å². The smallest absolute Gasteiger partial charge is 0.425 e. The highest BCUT2D eigenvalue weighted by Gasteiger charge is 2.35. The summed E-state index contributed by atoms with van der Waals surface area (Å²) in [4.78, 5) is 41.1. The highest BCUT2D eigenvalue weighted by Crippen LogP contribution is 2.27. The van der Waals surface area contributed by atoms with Crippen molar-refractivity contribution in [2.75, 3.05) is 12.0 Å². The van der Waals surface area contributed by atoms with Crippen LogP contribution < -0.4 is 9.64 Å². The molecule has 2 rings (SSSR count). The maximum Gasteiger partial charge on any atom is 0.425 e. The van der Waals surface area contributed by atoms with Crippen LogP contribution in [0.25, 0.3) is 11.2 Å². The quantitative estimate of drug-likeness (QED) is 0.862. The second-order valence-electron chi connectivity index (χ2n) is 7.43. The SMILES string of the molecule is COc1nc(N(C(=O)OC(C)(C)C)C(=O)OC(C)(C)C)c2[nH]cnc2n1. The molecule has 0 aliphatic carbocycles. The highest BCUT2D eigenvalue weighted by atomic mass is 16.6. The van der Waals surface area contributed by atoms with Crippen LogP contribution in [0.5, 0.6) is 6.01 Å². The third kappa shape index (κ3) is 4.58. The molecule has 1 N–H and O–H groups in total. The molecule has 2 aromatic rings. The van der Waals surface area contributed by atoms with Gasteiger partial charge in [-0.15, -0.1) is 0 Å². The molecule has 0 atom stereocenters. The summed E-state index contributed by atoms with van der Waals surface area (Å²) in [5.41, 5.74) is -1.17. The first-order valence-electron chi connectivity index (χ1n) is 7.92. The average Bonchev–Trinajstić information content (AvgIpc) is 2.91. The van der Waals surface area contributed by atoms with Crippen molar-refractivity contribution in [2.24, 2.45) is 0 Å². The van der Waals surface area contributed by atoms with Gasteiger partial charge in [-0.1, -0.05) is 0 Å². The molecule has 0 bridgehead atoms. The number of nitrogens with one attached hydrogen (secondary N) is 1. The Balaban J connectivity index is 2.58. The molecule has 2 amide bonds. The zero-order valence-electron chi connectivity index (χ0n) is 15.9. The molecule has 0 spiro atoms. The second-order valence-corrected chi connectivity index (χ2v) is 7.43. The number of aromatic nitrogens is 4. The molecule has 0 fully saturated rings. The minimum atomic E-state index is -0.941. The Bertz CT molecular complexity index is 791. The average molecular weight is 365 g/mol. The Kier molecular flexibility index (Phi) is 5.06. The van der Waals surface area contributed by atoms with Gasteiger partial charge in [0.15, 0.2) is 11.5 Å². The fourth-order valence-corrected chi connectivity index (χ4v) is 1.91. The lowest BCUT2D eigenvalue weighted by molar-refractivity contribution is 0.0429. The predicted molar refractivity (Wildman–Crippen MR) is 93.2 cm³/mol. The Morgan fingerprint density at radius 2 is 1.54 bits per heavy atom. The van der Waals surface area contributed by atoms with Crippen molar-refractivity contribution in [3.8, 4) is 6.01 Å². The lowest BCUT2D eigenvalue weighted by Gasteiger charge is -2.28. The standard InChI is InChI=1S/C16H23N5O5/c1-15(2,3)25-13(22)21(14(23)26-16(4,5)6)11-9-10(18-8-17-9)19-12(20-11)24-7/h8H,1-7H3,(H,17,18,19,20). The largest absolute Gasteiger partial charge is 0.467 e. The molecule has 2 heterocycles. The monoisotopic (exact) mass is 365 g/mol. The topological polar surface area (TPSA) is 120 Å². The number of carbonyl (C=O) groups excluding carboxylic acids is 2. The van der Waals surface area contributed by atoms with E-state index in [4.69, 9.17) is 14.2 Å². The number of nitrogens with zero attached hydrogens (tertiary/aromatic N) is 4. The Labute approximate surface area is 150 Å². The van der Waals surface area contributed by atoms with Crippen molar-refractivity contribution in [1.82, 2.24) is 19.9 Å². The van der Waals surface area contributed by atoms with E-state index < -0.39 is 23.4 Å². The molecule has 10 nitrogen and oxygen atoms in total. The molecule has 142 valence electrons. The van der Waals surface area contributed by atoms with Gasteiger partial charge in [0.05, 0.1) is 13.4 Å². The molecular weight excluding hydrogens is 342 g/mol. The lowest BCUT2D eigenvalue weighted by Crippen LogP contribution is -2.44. The number of methoxy groups -OCH3 is 1. The Morgan fingerprint density at radius 1 is 1.00 bits per heavy atom. The summed E-state index contributed by atoms with van der Waals surface area (Å²) in [6.45, 7) is 10.1. The zero-order chi connectivity index (χ0) is 19.7. The maximum absolute atomic E-state index is 12.7. The lowest BCUT2D eigenvalue weighted by atomic mass is 10.2. The number of imide groups is 1. The number of hydrogen-bond acceptors (Lipinski definition) is 8. The van der Waals surface area contributed by atoms with Gasteiger partial charge in [-0.3, -0.25) is 0 Å². The molecule has 10 heteroatoms. The summed E-state index contributed by atoms with van der Waals surface area (Å²) in [5.74, 6) is -0.0761. The van der Waals surface area contributed by atoms with E-state index in [1.165, 1.54) is 13.4 Å². The molecule has 2 aromatic heterocycles. The number of imidazole rings is 1. The number of carbonyl (C=O) groups is 2. The number of rotatable bonds is 2. The van der Waals surface area contributed by atoms with Crippen LogP contribution in [0.2, 0.25) is 0 Å². The number of fused-ring (bicyclic) bond motifs is 1. The van der Waals surface area contributed by atoms with Crippen molar-refractivity contribution >= 4 is 29.2 Å². The van der Waals surface area contributed by atoms with E-state index in [0.29, 0.717) is 4.90 Å². The van der Waals surface area contributed by atoms with Crippen LogP contribution in [0, 0.1) is 0 Å². The molecule has 0 aromatic carbocycles. The van der Waals surface area contributed by atoms with Crippen LogP contribution in [0.4, 0.5) is 15.4 Å². The minimum absolute atomic E-state index is 0.0586. The van der Waals surface area contributed by atoms with Crippen molar-refractivity contribution < 1.29 is 23.8 Å². The summed E-state index contributed by atoms with van der Waals surface area (Å²) in [7, 11) is 1.36. The molecular formula is C16H23N5O5. The van der Waals surface area contributed by atoms with Crippen LogP contribution in [0.15, 0.2) is 6.33 Å². The first kappa shape index (κ1) is 19.4. The van der Waals surface area contributed by atoms with Crippen molar-refractivity contribution in [3.05, 3.63) is 6.33 Å². The van der Waals surface area contributed by atoms with Crippen LogP contribution in [0.1, 0.15) is 41.5 Å². The van der Waals surface area contributed by atoms with Crippen molar-refractivity contribution in [1.29, 1.82) is 0 Å². The van der Waals surface area contributed by atoms with Gasteiger partial charge >= 0.3 is 18.2 Å². The fourth-order valence-electron chi connectivity index (χ4n) is 1.91. The summed E-state index contributed by atoms with van der Waals surface area (Å²) in [6, 6.07) is -0.0586. The van der Waals surface area contributed by atoms with Gasteiger partial charge in [-0.25, -0.2) is 14.6 Å². The van der Waals surface area contributed by atoms with Gasteiger partial charge in [0.25, 0.3) is 0 Å². The first-order valence-corrected chi connectivity index (χ1v) is 7.92. The van der Waals surface area contributed by atoms with Crippen molar-refractivity contribution in [3.63, 3.8) is 0 Å². The fraction of sp³-hybridized carbons (Fsp3) is 0.562. The van der Waals surface area contributed by atoms with E-state index in [1.54, 1.807) is 41.5 Å². The Morgan fingerprint density at radius 3 is 2.00 bits per heavy atom. The third-order valence-electron chi connectivity index (χ3n) is 2.79. The second kappa shape index (κ2) is 6.77. The van der Waals surface area contributed by atoms with Crippen LogP contribution in [-0.2, 0) is 9.47 Å². The summed E-state index contributed by atoms with van der Waals surface area (Å²) >= 11 is 0. The van der Waals surface area contributed by atoms with Gasteiger partial charge in [0.1, 0.15) is 16.7 Å². The maximum atomic E-state index is 12.7. The molecule has 0 saturated carbocycles. The first-order chi connectivity index (χ1) is 11.9. The molecule has 0 aliphatic heterocycles. The molecule has 0 aliphatic rings. The number of aromatic amines is 1. The molecule has 0 unspecified atom stereocenters. The van der Waals surface area contributed by atoms with Gasteiger partial charge < -0.3 is 19.2 Å². The number of anilines is 1. The van der Waals surface area contributed by atoms with Gasteiger partial charge in [0.2, 0.25) is 0 Å². The van der Waals surface area contributed by atoms with E-state index in [9.17, 15) is 9.59 Å². The Hall–Kier alpha value is -2.91. The zero-order valence-corrected chi connectivity index (χ0v) is 15.9. The molecule has 0 saturated heterocycles. The molecule has 26 heavy (non-hydrogen) atoms. The van der Waals surface area contributed by atoms with Crippen LogP contribution in [-0.4, -0.2) is 50.4 Å². The van der Waals surface area contributed by atoms with Gasteiger partial charge in [-0.2, -0.15) is 14.9 Å². The van der Waals surface area contributed by atoms with E-state index in [2.05, 4.69) is 19.9 Å². The predicted octanol–water partition coefficient (Wildman–Crippen LogP) is 3.04. The normalized spacial score (nSPS) is 12.0. The number of ether oxygens (including phenoxy) is 3. The van der Waals surface area contributed by atoms with Crippen LogP contribution in [0.3, 0.4) is 0 Å². The van der Waals surface area contributed by atoms with Crippen LogP contribution >= 0.6 is 0 Å². The highest BCUT2D eigenvalue weighted by molar-refractivity contribution is 6.12. The van der Waals surface area contributed by atoms with E-state index in [-0.39, 0.29) is 23.0 Å². The van der Waals surface area contributed by atoms with E-state index in [1.807, 2.05) is 0 Å². The van der Waals surface area contributed by atoms with E-state index >= 15 is 0 Å². The van der Waals surface area contributed by atoms with Gasteiger partial charge in [-0.05, 0) is 41.5 Å². The number of amides is 2. The van der Waals surface area contributed by atoms with Crippen molar-refractivity contribution in [2.45, 2.75) is 52.7 Å². The number of hydrogen-bond donors (Lipinski definition) is 1. The minimum Gasteiger partial charge on any atom is -0.467 e. The summed E-state index contributed by atoms with van der Waals surface area (Å²) in [5, 5.41) is 0. The van der Waals surface area contributed by atoms with Gasteiger partial charge in [0, 0.05) is 0 Å². The number of H-pyrrole nitrogens is 1. The summed E-state index contributed by atoms with van der Waals surface area (Å²) < 4.78 is 15.7. The summed E-state index contributed by atoms with van der Waals surface area (Å²) in [6.07, 6.45) is -0.517.